The molecule has 11 heavy (non-hydrogen) atoms. The normalized spacial score (nSPS) is 24.5. The molecule has 0 aliphatic carbocycles. The molecule has 0 spiro atoms. The Morgan fingerprint density at radius 2 is 2.45 bits per heavy atom. The molecule has 0 bridgehead atoms. The summed E-state index contributed by atoms with van der Waals surface area (Å²) in [6.45, 7) is 4.68. The summed E-state index contributed by atoms with van der Waals surface area (Å²) >= 11 is 3.28. The van der Waals surface area contributed by atoms with E-state index in [9.17, 15) is 4.79 Å². The zero-order valence-corrected chi connectivity index (χ0v) is 8.30. The van der Waals surface area contributed by atoms with Crippen molar-refractivity contribution in [1.82, 2.24) is 4.90 Å². The first-order valence-electron chi connectivity index (χ1n) is 3.68. The number of ether oxygens (including phenoxy) is 1. The van der Waals surface area contributed by atoms with E-state index in [1.165, 1.54) is 0 Å². The summed E-state index contributed by atoms with van der Waals surface area (Å²) in [7, 11) is 0. The fourth-order valence-corrected chi connectivity index (χ4v) is 1.38. The number of cyclic esters (lactones) is 1. The fraction of sp³-hybridized carbons (Fsp3) is 0.857. The fourth-order valence-electron chi connectivity index (χ4n) is 1.04. The second-order valence-corrected chi connectivity index (χ2v) is 3.55. The number of carbonyl (C=O) groups is 1. The summed E-state index contributed by atoms with van der Waals surface area (Å²) in [4.78, 5) is 12.8. The molecule has 1 amide bonds. The van der Waals surface area contributed by atoms with Crippen LogP contribution in [0.4, 0.5) is 4.79 Å². The van der Waals surface area contributed by atoms with E-state index in [0.29, 0.717) is 6.54 Å². The van der Waals surface area contributed by atoms with E-state index >= 15 is 0 Å². The van der Waals surface area contributed by atoms with E-state index in [4.69, 9.17) is 4.74 Å². The van der Waals surface area contributed by atoms with Gasteiger partial charge in [0.1, 0.15) is 6.10 Å². The zero-order chi connectivity index (χ0) is 8.43. The van der Waals surface area contributed by atoms with Gasteiger partial charge in [-0.05, 0) is 13.8 Å². The van der Waals surface area contributed by atoms with Gasteiger partial charge in [-0.1, -0.05) is 15.9 Å². The van der Waals surface area contributed by atoms with E-state index in [2.05, 4.69) is 15.9 Å². The van der Waals surface area contributed by atoms with Gasteiger partial charge in [0.05, 0.1) is 6.54 Å². The molecule has 1 heterocycles. The number of rotatable bonds is 2. The third-order valence-corrected chi connectivity index (χ3v) is 2.42. The number of amides is 1. The molecule has 1 aliphatic heterocycles. The monoisotopic (exact) mass is 221 g/mol. The van der Waals surface area contributed by atoms with Crippen molar-refractivity contribution in [3.63, 3.8) is 0 Å². The minimum Gasteiger partial charge on any atom is -0.443 e. The van der Waals surface area contributed by atoms with Gasteiger partial charge in [-0.25, -0.2) is 4.79 Å². The lowest BCUT2D eigenvalue weighted by Gasteiger charge is -2.16. The number of alkyl halides is 1. The van der Waals surface area contributed by atoms with Crippen molar-refractivity contribution in [3.05, 3.63) is 0 Å². The molecule has 1 unspecified atom stereocenters. The molecule has 3 nitrogen and oxygen atoms in total. The Labute approximate surface area is 74.8 Å². The van der Waals surface area contributed by atoms with Gasteiger partial charge in [0.25, 0.3) is 0 Å². The number of nitrogens with zero attached hydrogens (tertiary/aromatic N) is 1. The molecule has 1 fully saturated rings. The highest BCUT2D eigenvalue weighted by atomic mass is 79.9. The SMILES string of the molecule is CC(C)N1CC(CBr)OC1=O. The van der Waals surface area contributed by atoms with E-state index in [-0.39, 0.29) is 18.2 Å². The van der Waals surface area contributed by atoms with E-state index in [1.807, 2.05) is 13.8 Å². The van der Waals surface area contributed by atoms with Crippen LogP contribution in [0.25, 0.3) is 0 Å². The summed E-state index contributed by atoms with van der Waals surface area (Å²) < 4.78 is 5.02. The Morgan fingerprint density at radius 1 is 1.82 bits per heavy atom. The van der Waals surface area contributed by atoms with Crippen molar-refractivity contribution < 1.29 is 9.53 Å². The van der Waals surface area contributed by atoms with Crippen LogP contribution < -0.4 is 0 Å². The topological polar surface area (TPSA) is 29.5 Å². The van der Waals surface area contributed by atoms with Gasteiger partial charge >= 0.3 is 6.09 Å². The Morgan fingerprint density at radius 3 is 2.73 bits per heavy atom. The zero-order valence-electron chi connectivity index (χ0n) is 6.71. The number of halogens is 1. The van der Waals surface area contributed by atoms with Gasteiger partial charge in [-0.3, -0.25) is 0 Å². The first kappa shape index (κ1) is 8.84. The van der Waals surface area contributed by atoms with Crippen molar-refractivity contribution in [1.29, 1.82) is 0 Å². The minimum atomic E-state index is -0.190. The molecule has 0 saturated carbocycles. The van der Waals surface area contributed by atoms with Crippen molar-refractivity contribution in [2.24, 2.45) is 0 Å². The van der Waals surface area contributed by atoms with Crippen LogP contribution in [0.1, 0.15) is 13.8 Å². The van der Waals surface area contributed by atoms with Crippen LogP contribution in [0.3, 0.4) is 0 Å². The van der Waals surface area contributed by atoms with Crippen molar-refractivity contribution >= 4 is 22.0 Å². The summed E-state index contributed by atoms with van der Waals surface area (Å²) in [5.41, 5.74) is 0. The van der Waals surface area contributed by atoms with Crippen LogP contribution in [-0.2, 0) is 4.74 Å². The second-order valence-electron chi connectivity index (χ2n) is 2.91. The number of carbonyl (C=O) groups excluding carboxylic acids is 1. The van der Waals surface area contributed by atoms with Crippen molar-refractivity contribution in [2.45, 2.75) is 26.0 Å². The Balaban J connectivity index is 2.52. The molecule has 1 atom stereocenters. The molecular formula is C7H12BrNO2. The standard InChI is InChI=1S/C7H12BrNO2/c1-5(2)9-4-6(3-8)11-7(9)10/h5-6H,3-4H2,1-2H3. The molecule has 0 N–H and O–H groups in total. The van der Waals surface area contributed by atoms with E-state index in [1.54, 1.807) is 4.90 Å². The van der Waals surface area contributed by atoms with Crippen molar-refractivity contribution in [2.75, 3.05) is 11.9 Å². The molecule has 1 rings (SSSR count). The molecule has 0 aromatic rings. The third-order valence-electron chi connectivity index (χ3n) is 1.70. The maximum absolute atomic E-state index is 11.1. The molecular weight excluding hydrogens is 210 g/mol. The lowest BCUT2D eigenvalue weighted by atomic mass is 10.3. The summed E-state index contributed by atoms with van der Waals surface area (Å²) in [6, 6.07) is 0.242. The second kappa shape index (κ2) is 3.43. The minimum absolute atomic E-state index is 0.0323. The first-order chi connectivity index (χ1) is 5.15. The maximum atomic E-state index is 11.1. The van der Waals surface area contributed by atoms with Gasteiger partial charge in [0.2, 0.25) is 0 Å². The highest BCUT2D eigenvalue weighted by Crippen LogP contribution is 2.15. The van der Waals surface area contributed by atoms with Crippen LogP contribution in [0.15, 0.2) is 0 Å². The Bertz CT molecular complexity index is 161. The third kappa shape index (κ3) is 1.86. The molecule has 1 saturated heterocycles. The molecule has 0 aromatic carbocycles. The molecule has 0 aromatic heterocycles. The van der Waals surface area contributed by atoms with Crippen LogP contribution in [-0.4, -0.2) is 35.0 Å². The van der Waals surface area contributed by atoms with Crippen LogP contribution >= 0.6 is 15.9 Å². The summed E-state index contributed by atoms with van der Waals surface area (Å²) in [5.74, 6) is 0. The lowest BCUT2D eigenvalue weighted by molar-refractivity contribution is 0.136. The number of hydrogen-bond donors (Lipinski definition) is 0. The molecule has 0 radical (unpaired) electrons. The predicted molar refractivity (Wildman–Crippen MR) is 45.9 cm³/mol. The van der Waals surface area contributed by atoms with E-state index in [0.717, 1.165) is 5.33 Å². The molecule has 64 valence electrons. The van der Waals surface area contributed by atoms with Gasteiger partial charge in [-0.15, -0.1) is 0 Å². The molecule has 1 aliphatic rings. The largest absolute Gasteiger partial charge is 0.443 e. The summed E-state index contributed by atoms with van der Waals surface area (Å²) in [5, 5.41) is 0.724. The van der Waals surface area contributed by atoms with Crippen LogP contribution in [0.5, 0.6) is 0 Å². The Kier molecular flexibility index (Phi) is 2.76. The van der Waals surface area contributed by atoms with Gasteiger partial charge in [-0.2, -0.15) is 0 Å². The smallest absolute Gasteiger partial charge is 0.410 e. The highest BCUT2D eigenvalue weighted by Gasteiger charge is 2.31. The van der Waals surface area contributed by atoms with Gasteiger partial charge in [0, 0.05) is 11.4 Å². The first-order valence-corrected chi connectivity index (χ1v) is 4.80. The lowest BCUT2D eigenvalue weighted by Crippen LogP contribution is -2.32. The average molecular weight is 222 g/mol. The average Bonchev–Trinajstić information content (AvgIpc) is 2.30. The summed E-state index contributed by atoms with van der Waals surface area (Å²) in [6.07, 6.45) is -0.158. The van der Waals surface area contributed by atoms with E-state index < -0.39 is 0 Å². The predicted octanol–water partition coefficient (Wildman–Crippen LogP) is 1.61. The number of hydrogen-bond acceptors (Lipinski definition) is 2. The van der Waals surface area contributed by atoms with Gasteiger partial charge in [0.15, 0.2) is 0 Å². The van der Waals surface area contributed by atoms with Crippen LogP contribution in [0, 0.1) is 0 Å². The van der Waals surface area contributed by atoms with Gasteiger partial charge < -0.3 is 9.64 Å². The highest BCUT2D eigenvalue weighted by molar-refractivity contribution is 9.09. The molecule has 4 heteroatoms. The quantitative estimate of drug-likeness (QED) is 0.664. The van der Waals surface area contributed by atoms with Crippen molar-refractivity contribution in [3.8, 4) is 0 Å². The Hall–Kier alpha value is -0.250. The maximum Gasteiger partial charge on any atom is 0.410 e. The van der Waals surface area contributed by atoms with Crippen LogP contribution in [0.2, 0.25) is 0 Å².